The molecule has 0 atom stereocenters. The zero-order chi connectivity index (χ0) is 19.8. The molecule has 2 N–H and O–H groups in total. The number of hydrogen-bond acceptors (Lipinski definition) is 5. The van der Waals surface area contributed by atoms with Crippen molar-refractivity contribution in [3.8, 4) is 0 Å². The molecule has 0 aromatic heterocycles. The van der Waals surface area contributed by atoms with Gasteiger partial charge in [0.1, 0.15) is 6.42 Å². The van der Waals surface area contributed by atoms with Gasteiger partial charge in [-0.3, -0.25) is 9.59 Å². The van der Waals surface area contributed by atoms with E-state index < -0.39 is 24.2 Å². The number of rotatable bonds is 6. The standard InChI is InChI=1S/C18H15Cl2N3O4/c1-27-18(26)12-4-2-11(3-5-12)10-21-23-17(25)9-16(24)22-13-6-7-14(19)15(20)8-13/h2-8,10H,9H2,1H3,(H,22,24)(H,23,25). The van der Waals surface area contributed by atoms with Crippen LogP contribution in [0.2, 0.25) is 10.0 Å². The van der Waals surface area contributed by atoms with Gasteiger partial charge in [-0.15, -0.1) is 0 Å². The molecule has 2 rings (SSSR count). The Kier molecular flexibility index (Phi) is 7.34. The monoisotopic (exact) mass is 407 g/mol. The van der Waals surface area contributed by atoms with Crippen molar-refractivity contribution >= 4 is 52.9 Å². The molecule has 0 aliphatic carbocycles. The summed E-state index contributed by atoms with van der Waals surface area (Å²) in [5, 5.41) is 6.95. The van der Waals surface area contributed by atoms with Crippen molar-refractivity contribution in [2.24, 2.45) is 5.10 Å². The Labute approximate surface area is 165 Å². The molecule has 27 heavy (non-hydrogen) atoms. The highest BCUT2D eigenvalue weighted by Crippen LogP contribution is 2.24. The molecule has 0 aliphatic heterocycles. The maximum Gasteiger partial charge on any atom is 0.337 e. The van der Waals surface area contributed by atoms with E-state index in [9.17, 15) is 14.4 Å². The van der Waals surface area contributed by atoms with Gasteiger partial charge < -0.3 is 10.1 Å². The molecule has 2 amide bonds. The number of nitrogens with one attached hydrogen (secondary N) is 2. The maximum atomic E-state index is 11.8. The second-order valence-electron chi connectivity index (χ2n) is 5.26. The molecule has 0 heterocycles. The number of benzene rings is 2. The first-order valence-electron chi connectivity index (χ1n) is 7.64. The Hall–Kier alpha value is -2.90. The highest BCUT2D eigenvalue weighted by Gasteiger charge is 2.10. The average molecular weight is 408 g/mol. The normalized spacial score (nSPS) is 10.5. The maximum absolute atomic E-state index is 11.8. The van der Waals surface area contributed by atoms with E-state index in [1.54, 1.807) is 30.3 Å². The Balaban J connectivity index is 1.82. The lowest BCUT2D eigenvalue weighted by Crippen LogP contribution is -2.24. The van der Waals surface area contributed by atoms with E-state index in [2.05, 4.69) is 20.6 Å². The minimum atomic E-state index is -0.588. The van der Waals surface area contributed by atoms with Gasteiger partial charge in [0.25, 0.3) is 0 Å². The van der Waals surface area contributed by atoms with Crippen LogP contribution in [-0.2, 0) is 14.3 Å². The molecular weight excluding hydrogens is 393 g/mol. The van der Waals surface area contributed by atoms with Gasteiger partial charge in [0.15, 0.2) is 0 Å². The van der Waals surface area contributed by atoms with Crippen LogP contribution in [0.25, 0.3) is 0 Å². The lowest BCUT2D eigenvalue weighted by atomic mass is 10.1. The molecule has 140 valence electrons. The van der Waals surface area contributed by atoms with Crippen molar-refractivity contribution in [3.05, 3.63) is 63.6 Å². The van der Waals surface area contributed by atoms with E-state index in [-0.39, 0.29) is 0 Å². The Morgan fingerprint density at radius 1 is 1.04 bits per heavy atom. The summed E-state index contributed by atoms with van der Waals surface area (Å²) in [5.41, 5.74) is 3.73. The summed E-state index contributed by atoms with van der Waals surface area (Å²) >= 11 is 11.7. The lowest BCUT2D eigenvalue weighted by Gasteiger charge is -2.05. The fourth-order valence-electron chi connectivity index (χ4n) is 1.97. The van der Waals surface area contributed by atoms with Gasteiger partial charge in [-0.25, -0.2) is 10.2 Å². The van der Waals surface area contributed by atoms with Crippen LogP contribution in [0.4, 0.5) is 5.69 Å². The van der Waals surface area contributed by atoms with Crippen LogP contribution in [0.1, 0.15) is 22.3 Å². The summed E-state index contributed by atoms with van der Waals surface area (Å²) in [5.74, 6) is -1.56. The van der Waals surface area contributed by atoms with Crippen LogP contribution in [0.5, 0.6) is 0 Å². The third-order valence-corrected chi connectivity index (χ3v) is 4.00. The summed E-state index contributed by atoms with van der Waals surface area (Å²) in [6.45, 7) is 0. The second-order valence-corrected chi connectivity index (χ2v) is 6.08. The lowest BCUT2D eigenvalue weighted by molar-refractivity contribution is -0.126. The highest BCUT2D eigenvalue weighted by atomic mass is 35.5. The summed E-state index contributed by atoms with van der Waals surface area (Å²) in [6.07, 6.45) is 0.967. The van der Waals surface area contributed by atoms with Crippen LogP contribution in [-0.4, -0.2) is 31.1 Å². The number of carbonyl (C=O) groups excluding carboxylic acids is 3. The molecule has 0 bridgehead atoms. The summed E-state index contributed by atoms with van der Waals surface area (Å²) in [4.78, 5) is 34.9. The number of ether oxygens (including phenoxy) is 1. The minimum absolute atomic E-state index is 0.293. The van der Waals surface area contributed by atoms with E-state index >= 15 is 0 Å². The average Bonchev–Trinajstić information content (AvgIpc) is 2.64. The van der Waals surface area contributed by atoms with E-state index in [4.69, 9.17) is 23.2 Å². The zero-order valence-electron chi connectivity index (χ0n) is 14.2. The van der Waals surface area contributed by atoms with E-state index in [0.717, 1.165) is 0 Å². The third kappa shape index (κ3) is 6.40. The topological polar surface area (TPSA) is 96.9 Å². The molecule has 2 aromatic carbocycles. The number of nitrogens with zero attached hydrogens (tertiary/aromatic N) is 1. The van der Waals surface area contributed by atoms with Crippen molar-refractivity contribution < 1.29 is 19.1 Å². The molecule has 7 nitrogen and oxygen atoms in total. The number of halogens is 2. The first-order valence-corrected chi connectivity index (χ1v) is 8.40. The van der Waals surface area contributed by atoms with E-state index in [0.29, 0.717) is 26.9 Å². The van der Waals surface area contributed by atoms with E-state index in [1.807, 2.05) is 0 Å². The van der Waals surface area contributed by atoms with Crippen LogP contribution >= 0.6 is 23.2 Å². The molecule has 0 aliphatic rings. The van der Waals surface area contributed by atoms with Crippen molar-refractivity contribution in [1.82, 2.24) is 5.43 Å². The van der Waals surface area contributed by atoms with Gasteiger partial charge in [0, 0.05) is 5.69 Å². The third-order valence-electron chi connectivity index (χ3n) is 3.26. The van der Waals surface area contributed by atoms with Gasteiger partial charge in [-0.2, -0.15) is 5.10 Å². The largest absolute Gasteiger partial charge is 0.465 e. The SMILES string of the molecule is COC(=O)c1ccc(C=NNC(=O)CC(=O)Nc2ccc(Cl)c(Cl)c2)cc1. The van der Waals surface area contributed by atoms with Gasteiger partial charge in [-0.1, -0.05) is 35.3 Å². The molecule has 0 spiro atoms. The molecule has 9 heteroatoms. The van der Waals surface area contributed by atoms with Gasteiger partial charge in [0.2, 0.25) is 11.8 Å². The summed E-state index contributed by atoms with van der Waals surface area (Å²) in [7, 11) is 1.30. The number of carbonyl (C=O) groups is 3. The smallest absolute Gasteiger partial charge is 0.337 e. The Morgan fingerprint density at radius 2 is 1.74 bits per heavy atom. The number of hydrazone groups is 1. The quantitative estimate of drug-likeness (QED) is 0.332. The summed E-state index contributed by atoms with van der Waals surface area (Å²) < 4.78 is 4.60. The van der Waals surface area contributed by atoms with Crippen LogP contribution < -0.4 is 10.7 Å². The van der Waals surface area contributed by atoms with Crippen LogP contribution in [0.3, 0.4) is 0 Å². The van der Waals surface area contributed by atoms with Crippen molar-refractivity contribution in [3.63, 3.8) is 0 Å². The summed E-state index contributed by atoms with van der Waals surface area (Å²) in [6, 6.07) is 11.0. The Bertz CT molecular complexity index is 883. The Morgan fingerprint density at radius 3 is 2.37 bits per heavy atom. The minimum Gasteiger partial charge on any atom is -0.465 e. The predicted molar refractivity (Wildman–Crippen MR) is 103 cm³/mol. The van der Waals surface area contributed by atoms with E-state index in [1.165, 1.54) is 25.5 Å². The molecular formula is C18H15Cl2N3O4. The zero-order valence-corrected chi connectivity index (χ0v) is 15.7. The number of esters is 1. The van der Waals surface area contributed by atoms with Crippen LogP contribution in [0, 0.1) is 0 Å². The fraction of sp³-hybridized carbons (Fsp3) is 0.111. The van der Waals surface area contributed by atoms with Gasteiger partial charge in [-0.05, 0) is 35.9 Å². The second kappa shape index (κ2) is 9.70. The molecule has 0 radical (unpaired) electrons. The first kappa shape index (κ1) is 20.4. The molecule has 0 saturated carbocycles. The fourth-order valence-corrected chi connectivity index (χ4v) is 2.26. The van der Waals surface area contributed by atoms with Crippen molar-refractivity contribution in [2.75, 3.05) is 12.4 Å². The number of amides is 2. The molecule has 0 fully saturated rings. The molecule has 2 aromatic rings. The molecule has 0 saturated heterocycles. The van der Waals surface area contributed by atoms with Crippen LogP contribution in [0.15, 0.2) is 47.6 Å². The highest BCUT2D eigenvalue weighted by molar-refractivity contribution is 6.42. The molecule has 0 unspecified atom stereocenters. The number of methoxy groups -OCH3 is 1. The van der Waals surface area contributed by atoms with Gasteiger partial charge >= 0.3 is 5.97 Å². The number of anilines is 1. The van der Waals surface area contributed by atoms with Crippen molar-refractivity contribution in [1.29, 1.82) is 0 Å². The van der Waals surface area contributed by atoms with Crippen molar-refractivity contribution in [2.45, 2.75) is 6.42 Å². The first-order chi connectivity index (χ1) is 12.9. The predicted octanol–water partition coefficient (Wildman–Crippen LogP) is 3.26. The number of hydrogen-bond donors (Lipinski definition) is 2. The van der Waals surface area contributed by atoms with Gasteiger partial charge in [0.05, 0.1) is 28.9 Å².